The van der Waals surface area contributed by atoms with Crippen molar-refractivity contribution in [3.8, 4) is 5.69 Å². The van der Waals surface area contributed by atoms with Gasteiger partial charge in [-0.05, 0) is 42.7 Å². The minimum atomic E-state index is -1.69. The van der Waals surface area contributed by atoms with E-state index in [1.165, 1.54) is 4.68 Å². The van der Waals surface area contributed by atoms with Crippen molar-refractivity contribution in [1.29, 1.82) is 0 Å². The maximum atomic E-state index is 13.9. The number of unbranched alkanes of at least 4 members (excludes halogenated alkanes) is 1. The minimum Gasteiger partial charge on any atom is -0.481 e. The molecule has 0 aliphatic heterocycles. The molecule has 10 heteroatoms. The van der Waals surface area contributed by atoms with Crippen LogP contribution in [0.2, 0.25) is 0 Å². The third kappa shape index (κ3) is 5.45. The van der Waals surface area contributed by atoms with Gasteiger partial charge in [0.05, 0.1) is 23.5 Å². The van der Waals surface area contributed by atoms with Crippen molar-refractivity contribution in [3.05, 3.63) is 71.2 Å². The number of carboxylic acid groups (broad SMARTS) is 1. The van der Waals surface area contributed by atoms with Gasteiger partial charge in [0.25, 0.3) is 0 Å². The van der Waals surface area contributed by atoms with Gasteiger partial charge in [0.1, 0.15) is 5.82 Å². The predicted octanol–water partition coefficient (Wildman–Crippen LogP) is 4.90. The summed E-state index contributed by atoms with van der Waals surface area (Å²) < 4.78 is 41.8. The maximum absolute atomic E-state index is 13.9. The molecule has 0 saturated carbocycles. The van der Waals surface area contributed by atoms with Crippen LogP contribution in [0.4, 0.5) is 29.5 Å². The summed E-state index contributed by atoms with van der Waals surface area (Å²) in [6.07, 6.45) is 2.25. The van der Waals surface area contributed by atoms with E-state index < -0.39 is 35.1 Å². The first-order chi connectivity index (χ1) is 15.3. The van der Waals surface area contributed by atoms with Crippen molar-refractivity contribution < 1.29 is 27.9 Å². The Hall–Kier alpha value is -3.82. The van der Waals surface area contributed by atoms with Gasteiger partial charge in [-0.15, -0.1) is 0 Å². The van der Waals surface area contributed by atoms with Gasteiger partial charge in [0.15, 0.2) is 17.5 Å². The van der Waals surface area contributed by atoms with Crippen LogP contribution in [-0.2, 0) is 17.6 Å². The van der Waals surface area contributed by atoms with Gasteiger partial charge in [0, 0.05) is 6.07 Å². The molecule has 2 amide bonds. The zero-order valence-electron chi connectivity index (χ0n) is 17.2. The summed E-state index contributed by atoms with van der Waals surface area (Å²) in [5, 5.41) is 18.2. The summed E-state index contributed by atoms with van der Waals surface area (Å²) in [5.74, 6) is -5.32. The molecule has 0 bridgehead atoms. The number of carbonyl (C=O) groups is 2. The molecule has 0 radical (unpaired) electrons. The fourth-order valence-electron chi connectivity index (χ4n) is 3.06. The third-order valence-electron chi connectivity index (χ3n) is 4.58. The standard InChI is InChI=1S/C22H21F3N4O3/c1-2-3-6-14-12-18(27-22(32)26-17-9-8-16(23)20(24)21(17)25)29(28-14)15-7-4-5-13(10-15)11-19(30)31/h4-5,7-10,12H,2-3,6,11H2,1H3,(H,30,31)(H2,26,27,32). The number of rotatable bonds is 8. The number of carboxylic acids is 1. The highest BCUT2D eigenvalue weighted by molar-refractivity contribution is 5.99. The highest BCUT2D eigenvalue weighted by atomic mass is 19.2. The van der Waals surface area contributed by atoms with Crippen LogP contribution in [0.1, 0.15) is 31.0 Å². The second-order valence-corrected chi connectivity index (χ2v) is 7.08. The number of hydrogen-bond donors (Lipinski definition) is 3. The lowest BCUT2D eigenvalue weighted by Crippen LogP contribution is -2.22. The van der Waals surface area contributed by atoms with Gasteiger partial charge >= 0.3 is 12.0 Å². The molecule has 32 heavy (non-hydrogen) atoms. The number of nitrogens with one attached hydrogen (secondary N) is 2. The van der Waals surface area contributed by atoms with E-state index in [9.17, 15) is 22.8 Å². The van der Waals surface area contributed by atoms with Crippen molar-refractivity contribution >= 4 is 23.5 Å². The van der Waals surface area contributed by atoms with Crippen molar-refractivity contribution in [3.63, 3.8) is 0 Å². The zero-order valence-corrected chi connectivity index (χ0v) is 17.2. The van der Waals surface area contributed by atoms with Gasteiger partial charge < -0.3 is 10.4 Å². The summed E-state index contributed by atoms with van der Waals surface area (Å²) in [4.78, 5) is 23.5. The summed E-state index contributed by atoms with van der Waals surface area (Å²) in [5.41, 5.74) is 1.22. The Bertz CT molecular complexity index is 1150. The number of carbonyl (C=O) groups excluding carboxylic acids is 1. The molecule has 0 aliphatic rings. The van der Waals surface area contributed by atoms with Gasteiger partial charge in [-0.3, -0.25) is 10.1 Å². The monoisotopic (exact) mass is 446 g/mol. The van der Waals surface area contributed by atoms with Crippen molar-refractivity contribution in [2.45, 2.75) is 32.6 Å². The Morgan fingerprint density at radius 2 is 1.84 bits per heavy atom. The fraction of sp³-hybridized carbons (Fsp3) is 0.227. The Balaban J connectivity index is 1.88. The van der Waals surface area contributed by atoms with E-state index in [1.807, 2.05) is 6.92 Å². The number of aryl methyl sites for hydroxylation is 1. The van der Waals surface area contributed by atoms with Crippen molar-refractivity contribution in [2.24, 2.45) is 0 Å². The third-order valence-corrected chi connectivity index (χ3v) is 4.58. The van der Waals surface area contributed by atoms with E-state index in [-0.39, 0.29) is 12.2 Å². The molecule has 7 nitrogen and oxygen atoms in total. The molecule has 1 heterocycles. The van der Waals surface area contributed by atoms with Crippen LogP contribution in [0, 0.1) is 17.5 Å². The lowest BCUT2D eigenvalue weighted by molar-refractivity contribution is -0.136. The van der Waals surface area contributed by atoms with Crippen molar-refractivity contribution in [2.75, 3.05) is 10.6 Å². The highest BCUT2D eigenvalue weighted by Gasteiger charge is 2.17. The largest absolute Gasteiger partial charge is 0.481 e. The molecule has 3 aromatic rings. The molecule has 3 rings (SSSR count). The van der Waals surface area contributed by atoms with Crippen LogP contribution in [0.5, 0.6) is 0 Å². The first kappa shape index (κ1) is 22.9. The smallest absolute Gasteiger partial charge is 0.324 e. The number of nitrogens with zero attached hydrogens (tertiary/aromatic N) is 2. The fourth-order valence-corrected chi connectivity index (χ4v) is 3.06. The molecule has 0 saturated heterocycles. The molecule has 0 atom stereocenters. The van der Waals surface area contributed by atoms with E-state index in [0.29, 0.717) is 29.4 Å². The van der Waals surface area contributed by atoms with Crippen LogP contribution in [0.25, 0.3) is 5.69 Å². The van der Waals surface area contributed by atoms with Crippen LogP contribution >= 0.6 is 0 Å². The van der Waals surface area contributed by atoms with E-state index in [1.54, 1.807) is 30.3 Å². The Morgan fingerprint density at radius 1 is 1.06 bits per heavy atom. The maximum Gasteiger partial charge on any atom is 0.324 e. The number of benzene rings is 2. The molecule has 2 aromatic carbocycles. The number of hydrogen-bond acceptors (Lipinski definition) is 3. The summed E-state index contributed by atoms with van der Waals surface area (Å²) in [6.45, 7) is 2.02. The molecular weight excluding hydrogens is 425 g/mol. The number of aliphatic carboxylic acids is 1. The van der Waals surface area contributed by atoms with Crippen LogP contribution < -0.4 is 10.6 Å². The van der Waals surface area contributed by atoms with Crippen LogP contribution in [-0.4, -0.2) is 26.9 Å². The quantitative estimate of drug-likeness (QED) is 0.429. The van der Waals surface area contributed by atoms with Crippen LogP contribution in [0.3, 0.4) is 0 Å². The van der Waals surface area contributed by atoms with Gasteiger partial charge in [-0.1, -0.05) is 25.5 Å². The van der Waals surface area contributed by atoms with Gasteiger partial charge in [0.2, 0.25) is 0 Å². The lowest BCUT2D eigenvalue weighted by atomic mass is 10.1. The van der Waals surface area contributed by atoms with E-state index in [2.05, 4.69) is 15.7 Å². The molecular formula is C22H21F3N4O3. The molecule has 0 unspecified atom stereocenters. The van der Waals surface area contributed by atoms with E-state index in [4.69, 9.17) is 5.11 Å². The second-order valence-electron chi connectivity index (χ2n) is 7.08. The van der Waals surface area contributed by atoms with Crippen molar-refractivity contribution in [1.82, 2.24) is 9.78 Å². The molecule has 1 aromatic heterocycles. The molecule has 168 valence electrons. The lowest BCUT2D eigenvalue weighted by Gasteiger charge is -2.11. The summed E-state index contributed by atoms with van der Waals surface area (Å²) in [6, 6.07) is 9.01. The number of aromatic nitrogens is 2. The zero-order chi connectivity index (χ0) is 23.3. The van der Waals surface area contributed by atoms with Crippen LogP contribution in [0.15, 0.2) is 42.5 Å². The Kier molecular flexibility index (Phi) is 7.14. The first-order valence-electron chi connectivity index (χ1n) is 9.90. The SMILES string of the molecule is CCCCc1cc(NC(=O)Nc2ccc(F)c(F)c2F)n(-c2cccc(CC(=O)O)c2)n1. The number of urea groups is 1. The normalized spacial score (nSPS) is 10.8. The topological polar surface area (TPSA) is 96.2 Å². The average molecular weight is 446 g/mol. The Labute approximate surface area is 181 Å². The molecule has 3 N–H and O–H groups in total. The number of amides is 2. The average Bonchev–Trinajstić information content (AvgIpc) is 3.15. The van der Waals surface area contributed by atoms with E-state index in [0.717, 1.165) is 18.9 Å². The summed E-state index contributed by atoms with van der Waals surface area (Å²) >= 11 is 0. The predicted molar refractivity (Wildman–Crippen MR) is 112 cm³/mol. The van der Waals surface area contributed by atoms with Gasteiger partial charge in [-0.2, -0.15) is 5.10 Å². The number of anilines is 2. The second kappa shape index (κ2) is 9.99. The molecule has 0 fully saturated rings. The van der Waals surface area contributed by atoms with Gasteiger partial charge in [-0.25, -0.2) is 22.6 Å². The van der Waals surface area contributed by atoms with E-state index >= 15 is 0 Å². The first-order valence-corrected chi connectivity index (χ1v) is 9.90. The minimum absolute atomic E-state index is 0.184. The summed E-state index contributed by atoms with van der Waals surface area (Å²) in [7, 11) is 0. The Morgan fingerprint density at radius 3 is 2.56 bits per heavy atom. The number of halogens is 3. The molecule has 0 aliphatic carbocycles. The highest BCUT2D eigenvalue weighted by Crippen LogP contribution is 2.22. The molecule has 0 spiro atoms.